The molecule has 4 aliphatic rings. The molecular formula is C38H55N5O7. The quantitative estimate of drug-likeness (QED) is 0.220. The lowest BCUT2D eigenvalue weighted by Crippen LogP contribution is -2.59. The van der Waals surface area contributed by atoms with E-state index in [-0.39, 0.29) is 30.7 Å². The van der Waals surface area contributed by atoms with Gasteiger partial charge in [-0.3, -0.25) is 24.0 Å². The van der Waals surface area contributed by atoms with Gasteiger partial charge in [0.2, 0.25) is 23.5 Å². The molecule has 1 saturated heterocycles. The summed E-state index contributed by atoms with van der Waals surface area (Å²) in [7, 11) is 1.63. The smallest absolute Gasteiger partial charge is 0.287 e. The number of primary amides is 1. The molecule has 0 unspecified atom stereocenters. The van der Waals surface area contributed by atoms with Crippen LogP contribution < -0.4 is 21.1 Å². The summed E-state index contributed by atoms with van der Waals surface area (Å²) in [6, 6.07) is 0.913. The minimum Gasteiger partial charge on any atom is -0.496 e. The molecule has 2 aliphatic carbocycles. The number of carbonyl (C=O) groups excluding carboxylic acids is 5. The lowest BCUT2D eigenvalue weighted by molar-refractivity contribution is -0.145. The van der Waals surface area contributed by atoms with E-state index in [1.807, 2.05) is 46.8 Å². The van der Waals surface area contributed by atoms with Crippen molar-refractivity contribution in [1.82, 2.24) is 15.5 Å². The summed E-state index contributed by atoms with van der Waals surface area (Å²) in [6.07, 6.45) is 9.48. The molecule has 1 aromatic rings. The highest BCUT2D eigenvalue weighted by molar-refractivity contribution is 6.37. The molecule has 0 radical (unpaired) electrons. The number of nitrogens with one attached hydrogen (secondary N) is 2. The highest BCUT2D eigenvalue weighted by atomic mass is 16.7. The van der Waals surface area contributed by atoms with E-state index < -0.39 is 52.6 Å². The summed E-state index contributed by atoms with van der Waals surface area (Å²) in [4.78, 5) is 74.6. The molecule has 274 valence electrons. The number of amides is 4. The van der Waals surface area contributed by atoms with Crippen LogP contribution in [0.4, 0.5) is 0 Å². The summed E-state index contributed by atoms with van der Waals surface area (Å²) < 4.78 is 5.54. The predicted octanol–water partition coefficient (Wildman–Crippen LogP) is 4.01. The zero-order chi connectivity index (χ0) is 36.4. The van der Waals surface area contributed by atoms with Crippen LogP contribution >= 0.6 is 0 Å². The number of rotatable bonds is 12. The zero-order valence-electron chi connectivity index (χ0n) is 30.6. The Hall–Kier alpha value is -3.96. The number of nitrogens with zero attached hydrogens (tertiary/aromatic N) is 2. The maximum atomic E-state index is 14.6. The molecule has 1 spiro atoms. The van der Waals surface area contributed by atoms with Crippen molar-refractivity contribution in [2.75, 3.05) is 13.7 Å². The average Bonchev–Trinajstić information content (AvgIpc) is 3.73. The van der Waals surface area contributed by atoms with Crippen molar-refractivity contribution in [3.63, 3.8) is 0 Å². The first-order valence-corrected chi connectivity index (χ1v) is 18.3. The van der Waals surface area contributed by atoms with Crippen LogP contribution in [-0.2, 0) is 28.8 Å². The number of Topliss-reactive ketones (excluding diaryl/α,β-unsaturated/α-hetero) is 1. The van der Waals surface area contributed by atoms with Crippen molar-refractivity contribution in [3.05, 3.63) is 28.8 Å². The number of methoxy groups -OCH3 is 1. The van der Waals surface area contributed by atoms with E-state index in [9.17, 15) is 24.0 Å². The Balaban J connectivity index is 1.41. The molecule has 0 aromatic heterocycles. The number of benzene rings is 1. The van der Waals surface area contributed by atoms with Gasteiger partial charge in [-0.05, 0) is 73.6 Å². The molecule has 4 amide bonds. The topological polar surface area (TPSA) is 169 Å². The lowest BCUT2D eigenvalue weighted by atomic mass is 9.85. The molecular weight excluding hydrogens is 638 g/mol. The molecule has 1 aromatic carbocycles. The van der Waals surface area contributed by atoms with Gasteiger partial charge in [0.25, 0.3) is 5.91 Å². The maximum Gasteiger partial charge on any atom is 0.287 e. The van der Waals surface area contributed by atoms with Gasteiger partial charge in [-0.25, -0.2) is 0 Å². The first kappa shape index (κ1) is 37.3. The van der Waals surface area contributed by atoms with Crippen LogP contribution in [0.3, 0.4) is 0 Å². The van der Waals surface area contributed by atoms with E-state index >= 15 is 0 Å². The Bertz CT molecular complexity index is 1500. The predicted molar refractivity (Wildman–Crippen MR) is 188 cm³/mol. The number of hydrogen-bond acceptors (Lipinski definition) is 8. The normalized spacial score (nSPS) is 23.8. The molecule has 4 N–H and O–H groups in total. The van der Waals surface area contributed by atoms with E-state index in [1.165, 1.54) is 17.7 Å². The lowest BCUT2D eigenvalue weighted by Gasteiger charge is -2.36. The van der Waals surface area contributed by atoms with Gasteiger partial charge in [0.1, 0.15) is 17.8 Å². The Kier molecular flexibility index (Phi) is 11.3. The van der Waals surface area contributed by atoms with Gasteiger partial charge in [0.15, 0.2) is 5.60 Å². The number of nitrogens with two attached hydrogens (primary N) is 1. The molecule has 0 bridgehead atoms. The Labute approximate surface area is 295 Å². The second-order valence-electron chi connectivity index (χ2n) is 16.2. The number of aryl methyl sites for hydroxylation is 2. The fourth-order valence-electron chi connectivity index (χ4n) is 7.95. The molecule has 2 aliphatic heterocycles. The summed E-state index contributed by atoms with van der Waals surface area (Å²) in [6.45, 7) is 9.64. The third kappa shape index (κ3) is 8.66. The molecule has 12 heteroatoms. The van der Waals surface area contributed by atoms with Crippen LogP contribution in [0.15, 0.2) is 17.3 Å². The molecule has 2 heterocycles. The van der Waals surface area contributed by atoms with Gasteiger partial charge >= 0.3 is 0 Å². The van der Waals surface area contributed by atoms with Gasteiger partial charge in [0, 0.05) is 24.8 Å². The number of hydrogen-bond donors (Lipinski definition) is 3. The number of ketones is 1. The molecule has 5 rings (SSSR count). The minimum atomic E-state index is -1.11. The number of ether oxygens (including phenoxy) is 1. The van der Waals surface area contributed by atoms with Crippen molar-refractivity contribution in [1.29, 1.82) is 0 Å². The first-order chi connectivity index (χ1) is 23.6. The number of carbonyl (C=O) groups is 5. The van der Waals surface area contributed by atoms with Crippen LogP contribution in [0.1, 0.15) is 115 Å². The van der Waals surface area contributed by atoms with E-state index in [0.29, 0.717) is 25.0 Å². The van der Waals surface area contributed by atoms with Crippen molar-refractivity contribution >= 4 is 35.1 Å². The second kappa shape index (κ2) is 15.1. The summed E-state index contributed by atoms with van der Waals surface area (Å²) in [5.41, 5.74) is 7.11. The van der Waals surface area contributed by atoms with Crippen LogP contribution in [0.2, 0.25) is 0 Å². The zero-order valence-corrected chi connectivity index (χ0v) is 30.6. The van der Waals surface area contributed by atoms with Crippen molar-refractivity contribution < 1.29 is 33.5 Å². The highest BCUT2D eigenvalue weighted by Gasteiger charge is 2.56. The maximum absolute atomic E-state index is 14.6. The summed E-state index contributed by atoms with van der Waals surface area (Å²) in [5, 5.41) is 10.3. The fraction of sp³-hybridized carbons (Fsp3) is 0.684. The SMILES string of the molecule is COc1c(C)cc(C2=NO[C@]3(C2)C[C@@H](C(=O)N[C@@H](CC2CC2)C(=O)C(N)=O)N(C(=O)[C@@H](NC(=O)CC2CCCCCC2)C(C)(C)C)C3)cc1C. The van der Waals surface area contributed by atoms with Crippen LogP contribution in [-0.4, -0.2) is 77.4 Å². The van der Waals surface area contributed by atoms with Gasteiger partial charge in [-0.1, -0.05) is 64.5 Å². The minimum absolute atomic E-state index is 0.0488. The van der Waals surface area contributed by atoms with Crippen LogP contribution in [0.5, 0.6) is 5.75 Å². The molecule has 3 fully saturated rings. The van der Waals surface area contributed by atoms with Crippen LogP contribution in [0, 0.1) is 31.1 Å². The van der Waals surface area contributed by atoms with Crippen molar-refractivity contribution in [3.8, 4) is 5.75 Å². The number of likely N-dealkylation sites (tertiary alicyclic amines) is 1. The number of oxime groups is 1. The third-order valence-electron chi connectivity index (χ3n) is 10.8. The van der Waals surface area contributed by atoms with Gasteiger partial charge < -0.3 is 30.8 Å². The first-order valence-electron chi connectivity index (χ1n) is 18.3. The summed E-state index contributed by atoms with van der Waals surface area (Å²) >= 11 is 0. The standard InChI is InChI=1S/C38H55N5O7/c1-22-15-26(16-23(2)32(22)49-6)28-19-38(50-42-28)20-29(35(47)40-27(17-25-13-14-25)31(45)34(39)46)43(21-38)36(48)33(37(3,4)5)41-30(44)18-24-11-9-7-8-10-12-24/h15-16,24-25,27,29,33H,7-14,17-21H2,1-6H3,(H2,39,46)(H,40,47)(H,41,44)/t27-,29-,33+,38+/m0/s1. The molecule has 12 nitrogen and oxygen atoms in total. The van der Waals surface area contributed by atoms with Gasteiger partial charge in [-0.15, -0.1) is 0 Å². The van der Waals surface area contributed by atoms with E-state index in [1.54, 1.807) is 7.11 Å². The van der Waals surface area contributed by atoms with Crippen molar-refractivity contribution in [2.24, 2.45) is 28.1 Å². The average molecular weight is 694 g/mol. The highest BCUT2D eigenvalue weighted by Crippen LogP contribution is 2.41. The Morgan fingerprint density at radius 2 is 1.64 bits per heavy atom. The summed E-state index contributed by atoms with van der Waals surface area (Å²) in [5.74, 6) is -1.84. The van der Waals surface area contributed by atoms with E-state index in [2.05, 4.69) is 15.8 Å². The Morgan fingerprint density at radius 1 is 1.00 bits per heavy atom. The molecule has 2 saturated carbocycles. The monoisotopic (exact) mass is 693 g/mol. The third-order valence-corrected chi connectivity index (χ3v) is 10.8. The van der Waals surface area contributed by atoms with E-state index in [4.69, 9.17) is 15.3 Å². The largest absolute Gasteiger partial charge is 0.496 e. The van der Waals surface area contributed by atoms with Crippen LogP contribution in [0.25, 0.3) is 0 Å². The Morgan fingerprint density at radius 3 is 2.20 bits per heavy atom. The van der Waals surface area contributed by atoms with Gasteiger partial charge in [0.05, 0.1) is 25.4 Å². The molecule has 50 heavy (non-hydrogen) atoms. The van der Waals surface area contributed by atoms with Crippen molar-refractivity contribution in [2.45, 2.75) is 135 Å². The van der Waals surface area contributed by atoms with E-state index in [0.717, 1.165) is 61.0 Å². The molecule has 4 atom stereocenters. The second-order valence-corrected chi connectivity index (χ2v) is 16.2. The van der Waals surface area contributed by atoms with Gasteiger partial charge in [-0.2, -0.15) is 0 Å². The fourth-order valence-corrected chi connectivity index (χ4v) is 7.95.